The van der Waals surface area contributed by atoms with Crippen molar-refractivity contribution in [2.45, 2.75) is 50.4 Å². The predicted molar refractivity (Wildman–Crippen MR) is 123 cm³/mol. The molecule has 0 spiro atoms. The Hall–Kier alpha value is -2.34. The zero-order valence-corrected chi connectivity index (χ0v) is 19.0. The van der Waals surface area contributed by atoms with Crippen LogP contribution in [-0.4, -0.2) is 51.3 Å². The van der Waals surface area contributed by atoms with Crippen LogP contribution >= 0.6 is 0 Å². The van der Waals surface area contributed by atoms with Gasteiger partial charge in [0.25, 0.3) is 0 Å². The van der Waals surface area contributed by atoms with E-state index >= 15 is 0 Å². The van der Waals surface area contributed by atoms with Crippen molar-refractivity contribution in [2.75, 3.05) is 33.0 Å². The Kier molecular flexibility index (Phi) is 5.97. The van der Waals surface area contributed by atoms with Crippen LogP contribution in [0.2, 0.25) is 0 Å². The van der Waals surface area contributed by atoms with E-state index in [1.165, 1.54) is 16.7 Å². The van der Waals surface area contributed by atoms with Crippen molar-refractivity contribution < 1.29 is 23.7 Å². The van der Waals surface area contributed by atoms with Crippen molar-refractivity contribution in [3.05, 3.63) is 71.3 Å². The Morgan fingerprint density at radius 2 is 1.34 bits per heavy atom. The Bertz CT molecular complexity index is 970. The van der Waals surface area contributed by atoms with Gasteiger partial charge in [-0.2, -0.15) is 0 Å². The van der Waals surface area contributed by atoms with Crippen molar-refractivity contribution in [3.8, 4) is 11.5 Å². The molecular weight excluding hydrogens is 404 g/mol. The van der Waals surface area contributed by atoms with Crippen LogP contribution in [0.1, 0.15) is 36.1 Å². The van der Waals surface area contributed by atoms with E-state index in [0.717, 1.165) is 49.7 Å². The molecule has 5 rings (SSSR count). The SMILES string of the molecule is C=CCc1cc(C(C)(C)c2ccc(OCC3CO3)c(CC3CO3)c2)ccc1OC[C@@H]1CO1. The highest BCUT2D eigenvalue weighted by atomic mass is 16.6. The number of rotatable bonds is 12. The zero-order chi connectivity index (χ0) is 22.1. The molecule has 3 fully saturated rings. The molecule has 0 saturated carbocycles. The molecule has 3 aliphatic heterocycles. The van der Waals surface area contributed by atoms with Crippen LogP contribution in [0.15, 0.2) is 49.1 Å². The van der Waals surface area contributed by atoms with E-state index in [0.29, 0.717) is 19.3 Å². The summed E-state index contributed by atoms with van der Waals surface area (Å²) in [5.74, 6) is 1.85. The fourth-order valence-electron chi connectivity index (χ4n) is 3.98. The Labute approximate surface area is 190 Å². The third kappa shape index (κ3) is 5.17. The maximum absolute atomic E-state index is 6.06. The smallest absolute Gasteiger partial charge is 0.122 e. The molecule has 3 aliphatic rings. The minimum Gasteiger partial charge on any atom is -0.491 e. The molecule has 170 valence electrons. The van der Waals surface area contributed by atoms with E-state index in [4.69, 9.17) is 23.7 Å². The summed E-state index contributed by atoms with van der Waals surface area (Å²) in [6, 6.07) is 13.1. The average Bonchev–Trinajstić information content (AvgIpc) is 3.61. The summed E-state index contributed by atoms with van der Waals surface area (Å²) in [7, 11) is 0. The molecule has 3 heterocycles. The summed E-state index contributed by atoms with van der Waals surface area (Å²) in [5.41, 5.74) is 4.69. The molecule has 0 aromatic heterocycles. The first kappa shape index (κ1) is 21.5. The van der Waals surface area contributed by atoms with Gasteiger partial charge < -0.3 is 23.7 Å². The topological polar surface area (TPSA) is 56.0 Å². The molecule has 3 atom stereocenters. The molecule has 2 unspecified atom stereocenters. The Balaban J connectivity index is 1.40. The third-order valence-corrected chi connectivity index (χ3v) is 6.43. The number of ether oxygens (including phenoxy) is 5. The zero-order valence-electron chi connectivity index (χ0n) is 19.0. The lowest BCUT2D eigenvalue weighted by Crippen LogP contribution is -2.20. The van der Waals surface area contributed by atoms with Crippen molar-refractivity contribution in [1.29, 1.82) is 0 Å². The summed E-state index contributed by atoms with van der Waals surface area (Å²) < 4.78 is 28.2. The van der Waals surface area contributed by atoms with E-state index in [-0.39, 0.29) is 17.6 Å². The van der Waals surface area contributed by atoms with Crippen LogP contribution < -0.4 is 9.47 Å². The van der Waals surface area contributed by atoms with Crippen LogP contribution in [0.5, 0.6) is 11.5 Å². The van der Waals surface area contributed by atoms with Gasteiger partial charge in [0.1, 0.15) is 36.9 Å². The Morgan fingerprint density at radius 3 is 1.84 bits per heavy atom. The predicted octanol–water partition coefficient (Wildman–Crippen LogP) is 4.24. The van der Waals surface area contributed by atoms with E-state index in [1.54, 1.807) is 0 Å². The van der Waals surface area contributed by atoms with Gasteiger partial charge in [0.05, 0.1) is 25.9 Å². The third-order valence-electron chi connectivity index (χ3n) is 6.43. The van der Waals surface area contributed by atoms with E-state index in [9.17, 15) is 0 Å². The number of hydrogen-bond acceptors (Lipinski definition) is 5. The molecule has 2 aromatic rings. The molecule has 32 heavy (non-hydrogen) atoms. The summed E-state index contributed by atoms with van der Waals surface area (Å²) in [5, 5.41) is 0. The summed E-state index contributed by atoms with van der Waals surface area (Å²) in [4.78, 5) is 0. The second kappa shape index (κ2) is 8.89. The summed E-state index contributed by atoms with van der Waals surface area (Å²) in [6.07, 6.45) is 4.36. The lowest BCUT2D eigenvalue weighted by molar-refractivity contribution is 0.260. The van der Waals surface area contributed by atoms with Gasteiger partial charge in [0, 0.05) is 11.8 Å². The molecule has 5 heteroatoms. The van der Waals surface area contributed by atoms with Crippen LogP contribution in [-0.2, 0) is 32.5 Å². The van der Waals surface area contributed by atoms with Crippen LogP contribution in [0.4, 0.5) is 0 Å². The van der Waals surface area contributed by atoms with Gasteiger partial charge in [-0.3, -0.25) is 0 Å². The molecule has 5 nitrogen and oxygen atoms in total. The highest BCUT2D eigenvalue weighted by Crippen LogP contribution is 2.37. The fourth-order valence-corrected chi connectivity index (χ4v) is 3.98. The highest BCUT2D eigenvalue weighted by molar-refractivity contribution is 5.48. The van der Waals surface area contributed by atoms with Gasteiger partial charge in [-0.1, -0.05) is 44.2 Å². The van der Waals surface area contributed by atoms with Crippen molar-refractivity contribution in [2.24, 2.45) is 0 Å². The molecule has 0 radical (unpaired) electrons. The van der Waals surface area contributed by atoms with E-state index < -0.39 is 0 Å². The van der Waals surface area contributed by atoms with Crippen LogP contribution in [0.25, 0.3) is 0 Å². The number of benzene rings is 2. The lowest BCUT2D eigenvalue weighted by atomic mass is 9.76. The Morgan fingerprint density at radius 1 is 0.844 bits per heavy atom. The molecule has 2 aromatic carbocycles. The maximum atomic E-state index is 6.06. The minimum atomic E-state index is -0.175. The largest absolute Gasteiger partial charge is 0.491 e. The average molecular weight is 437 g/mol. The lowest BCUT2D eigenvalue weighted by Gasteiger charge is -2.28. The minimum absolute atomic E-state index is 0.175. The van der Waals surface area contributed by atoms with Gasteiger partial charge in [-0.15, -0.1) is 6.58 Å². The molecule has 0 N–H and O–H groups in total. The molecular formula is C27H32O5. The van der Waals surface area contributed by atoms with Gasteiger partial charge >= 0.3 is 0 Å². The number of allylic oxidation sites excluding steroid dienone is 1. The fraction of sp³-hybridized carbons (Fsp3) is 0.481. The molecule has 0 bridgehead atoms. The normalized spacial score (nSPS) is 23.5. The molecule has 3 saturated heterocycles. The van der Waals surface area contributed by atoms with E-state index in [2.05, 4.69) is 56.8 Å². The second-order valence-electron chi connectivity index (χ2n) is 9.45. The monoisotopic (exact) mass is 436 g/mol. The van der Waals surface area contributed by atoms with Crippen molar-refractivity contribution >= 4 is 0 Å². The highest BCUT2D eigenvalue weighted by Gasteiger charge is 2.30. The first-order chi connectivity index (χ1) is 15.5. The number of hydrogen-bond donors (Lipinski definition) is 0. The van der Waals surface area contributed by atoms with Gasteiger partial charge in [0.2, 0.25) is 0 Å². The number of epoxide rings is 3. The van der Waals surface area contributed by atoms with Crippen molar-refractivity contribution in [3.63, 3.8) is 0 Å². The second-order valence-corrected chi connectivity index (χ2v) is 9.45. The van der Waals surface area contributed by atoms with Crippen LogP contribution in [0.3, 0.4) is 0 Å². The molecule has 0 amide bonds. The van der Waals surface area contributed by atoms with E-state index in [1.807, 2.05) is 6.08 Å². The first-order valence-electron chi connectivity index (χ1n) is 11.5. The standard InChI is InChI=1S/C27H32O5/c1-4-5-18-10-20(6-8-25(18)31-16-23-14-29-23)27(2,3)21-7-9-26(32-17-24-15-30-24)19(11-21)12-22-13-28-22/h4,6-11,22-24H,1,5,12-17H2,2-3H3/t22?,23-,24?/m0/s1. The van der Waals surface area contributed by atoms with Gasteiger partial charge in [-0.25, -0.2) is 0 Å². The quantitative estimate of drug-likeness (QED) is 0.368. The summed E-state index contributed by atoms with van der Waals surface area (Å²) >= 11 is 0. The van der Waals surface area contributed by atoms with Gasteiger partial charge in [-0.05, 0) is 40.8 Å². The van der Waals surface area contributed by atoms with Gasteiger partial charge in [0.15, 0.2) is 0 Å². The molecule has 0 aliphatic carbocycles. The maximum Gasteiger partial charge on any atom is 0.122 e. The summed E-state index contributed by atoms with van der Waals surface area (Å²) in [6.45, 7) is 12.1. The first-order valence-corrected chi connectivity index (χ1v) is 11.5. The van der Waals surface area contributed by atoms with Crippen LogP contribution in [0, 0.1) is 0 Å². The van der Waals surface area contributed by atoms with Crippen molar-refractivity contribution in [1.82, 2.24) is 0 Å².